The monoisotopic (exact) mass is 522 g/mol. The van der Waals surface area contributed by atoms with Gasteiger partial charge in [0.05, 0.1) is 11.8 Å². The van der Waals surface area contributed by atoms with Crippen molar-refractivity contribution >= 4 is 11.8 Å². The van der Waals surface area contributed by atoms with Crippen LogP contribution in [-0.4, -0.2) is 58.0 Å². The first-order valence-corrected chi connectivity index (χ1v) is 13.7. The van der Waals surface area contributed by atoms with Crippen LogP contribution in [0.5, 0.6) is 11.5 Å². The molecule has 6 heteroatoms. The van der Waals surface area contributed by atoms with E-state index in [1.54, 1.807) is 12.1 Å². The summed E-state index contributed by atoms with van der Waals surface area (Å²) in [5, 5.41) is 21.3. The number of amides is 2. The lowest BCUT2D eigenvalue weighted by Crippen LogP contribution is -2.52. The van der Waals surface area contributed by atoms with Crippen LogP contribution in [0.25, 0.3) is 0 Å². The van der Waals surface area contributed by atoms with Crippen molar-refractivity contribution < 1.29 is 19.8 Å². The smallest absolute Gasteiger partial charge is 0.229 e. The van der Waals surface area contributed by atoms with Gasteiger partial charge in [0.25, 0.3) is 0 Å². The Balaban J connectivity index is 1.69. The minimum absolute atomic E-state index is 0.00897. The Labute approximate surface area is 228 Å². The number of benzene rings is 2. The van der Waals surface area contributed by atoms with Crippen molar-refractivity contribution in [3.05, 3.63) is 57.6 Å². The quantitative estimate of drug-likeness (QED) is 0.525. The molecule has 1 aliphatic heterocycles. The summed E-state index contributed by atoms with van der Waals surface area (Å²) in [6.07, 6.45) is 0. The fraction of sp³-hybridized carbons (Fsp3) is 0.562. The lowest BCUT2D eigenvalue weighted by Gasteiger charge is -2.37. The number of carbonyl (C=O) groups excluding carboxylic acids is 2. The molecule has 208 valence electrons. The summed E-state index contributed by atoms with van der Waals surface area (Å²) in [6.45, 7) is 22.0. The SMILES string of the molecule is Cc1cc(C(C)(C)C)c(O)cc1C(C)C(=O)N1CCN(C(=O)C(C)c2cc(O)c(C(C)(C)C)cc2C)CC1. The van der Waals surface area contributed by atoms with Crippen LogP contribution in [0, 0.1) is 13.8 Å². The van der Waals surface area contributed by atoms with E-state index in [2.05, 4.69) is 41.5 Å². The molecular formula is C32H46N2O4. The Kier molecular flexibility index (Phi) is 8.26. The molecule has 2 unspecified atom stereocenters. The van der Waals surface area contributed by atoms with Crippen molar-refractivity contribution in [3.8, 4) is 11.5 Å². The largest absolute Gasteiger partial charge is 0.508 e. The summed E-state index contributed by atoms with van der Waals surface area (Å²) >= 11 is 0. The van der Waals surface area contributed by atoms with Gasteiger partial charge in [0, 0.05) is 26.2 Å². The summed E-state index contributed by atoms with van der Waals surface area (Å²) in [7, 11) is 0. The number of aromatic hydroxyl groups is 2. The molecule has 2 aromatic carbocycles. The van der Waals surface area contributed by atoms with Gasteiger partial charge in [0.1, 0.15) is 11.5 Å². The van der Waals surface area contributed by atoms with E-state index in [9.17, 15) is 19.8 Å². The summed E-state index contributed by atoms with van der Waals surface area (Å²) in [5.74, 6) is -0.312. The van der Waals surface area contributed by atoms with Gasteiger partial charge in [0.2, 0.25) is 11.8 Å². The van der Waals surface area contributed by atoms with Crippen LogP contribution in [0.1, 0.15) is 101 Å². The molecule has 0 radical (unpaired) electrons. The van der Waals surface area contributed by atoms with E-state index in [1.165, 1.54) is 0 Å². The molecular weight excluding hydrogens is 476 g/mol. The van der Waals surface area contributed by atoms with Gasteiger partial charge in [0.15, 0.2) is 0 Å². The predicted molar refractivity (Wildman–Crippen MR) is 153 cm³/mol. The molecule has 2 atom stereocenters. The second-order valence-corrected chi connectivity index (χ2v) is 13.0. The number of nitrogens with zero attached hydrogens (tertiary/aromatic N) is 2. The highest BCUT2D eigenvalue weighted by atomic mass is 16.3. The first-order valence-electron chi connectivity index (χ1n) is 13.7. The number of hydrogen-bond acceptors (Lipinski definition) is 4. The second-order valence-electron chi connectivity index (χ2n) is 13.0. The third-order valence-electron chi connectivity index (χ3n) is 7.96. The van der Waals surface area contributed by atoms with Gasteiger partial charge in [-0.3, -0.25) is 9.59 Å². The zero-order valence-electron chi connectivity index (χ0n) is 24.9. The maximum Gasteiger partial charge on any atom is 0.229 e. The van der Waals surface area contributed by atoms with Crippen LogP contribution in [0.15, 0.2) is 24.3 Å². The zero-order valence-corrected chi connectivity index (χ0v) is 24.9. The molecule has 0 saturated carbocycles. The van der Waals surface area contributed by atoms with Crippen LogP contribution in [0.2, 0.25) is 0 Å². The lowest BCUT2D eigenvalue weighted by atomic mass is 9.82. The topological polar surface area (TPSA) is 81.1 Å². The van der Waals surface area contributed by atoms with Crippen molar-refractivity contribution in [1.29, 1.82) is 0 Å². The number of piperazine rings is 1. The van der Waals surface area contributed by atoms with E-state index in [0.29, 0.717) is 26.2 Å². The minimum Gasteiger partial charge on any atom is -0.508 e. The molecule has 0 bridgehead atoms. The number of phenols is 2. The molecule has 38 heavy (non-hydrogen) atoms. The fourth-order valence-corrected chi connectivity index (χ4v) is 5.52. The minimum atomic E-state index is -0.386. The van der Waals surface area contributed by atoms with Crippen molar-refractivity contribution in [2.75, 3.05) is 26.2 Å². The molecule has 1 fully saturated rings. The molecule has 1 saturated heterocycles. The number of phenolic OH excluding ortho intramolecular Hbond substituents is 2. The van der Waals surface area contributed by atoms with Crippen molar-refractivity contribution in [1.82, 2.24) is 9.80 Å². The molecule has 0 spiro atoms. The van der Waals surface area contributed by atoms with E-state index in [1.807, 2.05) is 49.6 Å². The lowest BCUT2D eigenvalue weighted by molar-refractivity contribution is -0.140. The van der Waals surface area contributed by atoms with Crippen LogP contribution >= 0.6 is 0 Å². The first kappa shape index (κ1) is 29.5. The average Bonchev–Trinajstić information content (AvgIpc) is 2.83. The number of aryl methyl sites for hydroxylation is 2. The highest BCUT2D eigenvalue weighted by molar-refractivity contribution is 5.86. The van der Waals surface area contributed by atoms with Crippen LogP contribution in [0.3, 0.4) is 0 Å². The first-order chi connectivity index (χ1) is 17.4. The Morgan fingerprint density at radius 2 is 0.947 bits per heavy atom. The van der Waals surface area contributed by atoms with E-state index < -0.39 is 0 Å². The summed E-state index contributed by atoms with van der Waals surface area (Å²) < 4.78 is 0. The molecule has 2 N–H and O–H groups in total. The predicted octanol–water partition coefficient (Wildman–Crippen LogP) is 5.89. The standard InChI is InChI=1S/C32H46N2O4/c1-19-15-25(31(5,6)7)27(35)17-23(19)21(3)29(37)33-11-13-34(14-12-33)30(38)22(4)24-18-28(36)26(16-20(24)2)32(8,9)10/h15-18,21-22,35-36H,11-14H2,1-10H3. The zero-order chi connectivity index (χ0) is 28.7. The Morgan fingerprint density at radius 1 is 0.658 bits per heavy atom. The number of hydrogen-bond donors (Lipinski definition) is 2. The molecule has 0 aromatic heterocycles. The molecule has 3 rings (SSSR count). The number of carbonyl (C=O) groups is 2. The van der Waals surface area contributed by atoms with Gasteiger partial charge in [-0.15, -0.1) is 0 Å². The highest BCUT2D eigenvalue weighted by Gasteiger charge is 2.32. The maximum absolute atomic E-state index is 13.4. The molecule has 1 heterocycles. The molecule has 0 aliphatic carbocycles. The van der Waals surface area contributed by atoms with Gasteiger partial charge in [-0.05, 0) is 84.0 Å². The summed E-state index contributed by atoms with van der Waals surface area (Å²) in [6, 6.07) is 7.45. The van der Waals surface area contributed by atoms with Crippen LogP contribution in [-0.2, 0) is 20.4 Å². The van der Waals surface area contributed by atoms with Gasteiger partial charge in [-0.1, -0.05) is 53.7 Å². The molecule has 2 aromatic rings. The van der Waals surface area contributed by atoms with Crippen molar-refractivity contribution in [2.24, 2.45) is 0 Å². The van der Waals surface area contributed by atoms with E-state index >= 15 is 0 Å². The molecule has 6 nitrogen and oxygen atoms in total. The van der Waals surface area contributed by atoms with Crippen LogP contribution < -0.4 is 0 Å². The third kappa shape index (κ3) is 6.00. The Bertz CT molecular complexity index is 1120. The summed E-state index contributed by atoms with van der Waals surface area (Å²) in [4.78, 5) is 30.4. The van der Waals surface area contributed by atoms with Crippen LogP contribution in [0.4, 0.5) is 0 Å². The van der Waals surface area contributed by atoms with E-state index in [4.69, 9.17) is 0 Å². The van der Waals surface area contributed by atoms with Gasteiger partial charge < -0.3 is 20.0 Å². The number of rotatable bonds is 4. The fourth-order valence-electron chi connectivity index (χ4n) is 5.52. The van der Waals surface area contributed by atoms with Gasteiger partial charge in [-0.2, -0.15) is 0 Å². The van der Waals surface area contributed by atoms with E-state index in [-0.39, 0.29) is 46.0 Å². The average molecular weight is 523 g/mol. The third-order valence-corrected chi connectivity index (χ3v) is 7.96. The normalized spacial score (nSPS) is 16.4. The van der Waals surface area contributed by atoms with Gasteiger partial charge in [-0.25, -0.2) is 0 Å². The van der Waals surface area contributed by atoms with Gasteiger partial charge >= 0.3 is 0 Å². The maximum atomic E-state index is 13.4. The summed E-state index contributed by atoms with van der Waals surface area (Å²) in [5.41, 5.74) is 5.02. The highest BCUT2D eigenvalue weighted by Crippen LogP contribution is 2.37. The molecule has 1 aliphatic rings. The molecule has 2 amide bonds. The Morgan fingerprint density at radius 3 is 1.21 bits per heavy atom. The van der Waals surface area contributed by atoms with E-state index in [0.717, 1.165) is 33.4 Å². The van der Waals surface area contributed by atoms with Crippen molar-refractivity contribution in [3.63, 3.8) is 0 Å². The van der Waals surface area contributed by atoms with Crippen molar-refractivity contribution in [2.45, 2.75) is 91.9 Å². The Hall–Kier alpha value is -3.02. The second kappa shape index (κ2) is 10.6.